The van der Waals surface area contributed by atoms with Gasteiger partial charge in [-0.25, -0.2) is 0 Å². The van der Waals surface area contributed by atoms with Crippen molar-refractivity contribution in [3.05, 3.63) is 112 Å². The predicted octanol–water partition coefficient (Wildman–Crippen LogP) is 6.56. The molecule has 1 N–H and O–H groups in total. The van der Waals surface area contributed by atoms with Gasteiger partial charge in [-0.15, -0.1) is 0 Å². The van der Waals surface area contributed by atoms with E-state index < -0.39 is 11.6 Å². The zero-order valence-electron chi connectivity index (χ0n) is 25.3. The van der Waals surface area contributed by atoms with E-state index in [2.05, 4.69) is 21.2 Å². The van der Waals surface area contributed by atoms with Crippen LogP contribution >= 0.6 is 15.9 Å². The number of amides is 2. The predicted molar refractivity (Wildman–Crippen MR) is 177 cm³/mol. The molecule has 1 fully saturated rings. The molecule has 2 amide bonds. The highest BCUT2D eigenvalue weighted by Gasteiger charge is 2.55. The fraction of sp³-hybridized carbons (Fsp3) is 0.270. The third kappa shape index (κ3) is 5.22. The Balaban J connectivity index is 1.46. The molecule has 2 aliphatic heterocycles. The summed E-state index contributed by atoms with van der Waals surface area (Å²) in [5.74, 6) is 0.846. The third-order valence-electron chi connectivity index (χ3n) is 9.17. The average molecular weight is 682 g/mol. The van der Waals surface area contributed by atoms with Crippen molar-refractivity contribution in [1.82, 2.24) is 10.2 Å². The molecule has 1 atom stereocenters. The van der Waals surface area contributed by atoms with E-state index in [4.69, 9.17) is 14.2 Å². The summed E-state index contributed by atoms with van der Waals surface area (Å²) in [7, 11) is 1.59. The van der Waals surface area contributed by atoms with Crippen LogP contribution in [0.1, 0.15) is 54.8 Å². The van der Waals surface area contributed by atoms with Crippen molar-refractivity contribution < 1.29 is 28.6 Å². The first-order valence-electron chi connectivity index (χ1n) is 15.5. The number of ketones is 1. The van der Waals surface area contributed by atoms with Crippen molar-refractivity contribution in [2.75, 3.05) is 13.9 Å². The molecule has 9 heteroatoms. The standard InChI is InChI=1S/C37H33BrN2O6/c1-44-27-14-12-23(13-15-27)32-33(24-8-4-2-5-9-24)37(18-16-26(41)17-19-37)40(36(32)43)34(35(42)39-25-10-6-3-7-11-25)28-20-30-31(21-29(28)38)46-22-45-30/h2,4-5,8-9,12-21,25,34H,3,6-7,10-11,22H2,1H3,(H,39,42). The van der Waals surface area contributed by atoms with E-state index in [1.54, 1.807) is 36.3 Å². The van der Waals surface area contributed by atoms with Crippen molar-refractivity contribution in [2.24, 2.45) is 0 Å². The average Bonchev–Trinajstić information content (AvgIpc) is 3.63. The van der Waals surface area contributed by atoms with Crippen molar-refractivity contribution in [3.63, 3.8) is 0 Å². The lowest BCUT2D eigenvalue weighted by Gasteiger charge is -2.42. The molecule has 2 heterocycles. The Labute approximate surface area is 275 Å². The minimum absolute atomic E-state index is 0.00757. The molecule has 4 aliphatic rings. The van der Waals surface area contributed by atoms with Gasteiger partial charge in [0.2, 0.25) is 12.7 Å². The highest BCUT2D eigenvalue weighted by Crippen LogP contribution is 2.53. The monoisotopic (exact) mass is 680 g/mol. The van der Waals surface area contributed by atoms with Crippen LogP contribution in [0.25, 0.3) is 11.1 Å². The summed E-state index contributed by atoms with van der Waals surface area (Å²) in [5, 5.41) is 3.29. The molecule has 0 bridgehead atoms. The lowest BCUT2D eigenvalue weighted by molar-refractivity contribution is -0.138. The lowest BCUT2D eigenvalue weighted by Crippen LogP contribution is -2.53. The summed E-state index contributed by atoms with van der Waals surface area (Å²) in [6, 6.07) is 19.4. The van der Waals surface area contributed by atoms with E-state index in [0.717, 1.165) is 37.7 Å². The molecule has 7 rings (SSSR count). The number of fused-ring (bicyclic) bond motifs is 1. The Morgan fingerprint density at radius 3 is 2.28 bits per heavy atom. The molecule has 0 aromatic heterocycles. The molecule has 0 saturated heterocycles. The number of halogens is 1. The van der Waals surface area contributed by atoms with E-state index in [-0.39, 0.29) is 30.4 Å². The van der Waals surface area contributed by atoms with Crippen molar-refractivity contribution in [3.8, 4) is 17.2 Å². The van der Waals surface area contributed by atoms with Gasteiger partial charge in [0.15, 0.2) is 17.3 Å². The summed E-state index contributed by atoms with van der Waals surface area (Å²) in [6.45, 7) is 0.0612. The lowest BCUT2D eigenvalue weighted by atomic mass is 9.79. The van der Waals surface area contributed by atoms with Gasteiger partial charge in [0.25, 0.3) is 5.91 Å². The van der Waals surface area contributed by atoms with Crippen molar-refractivity contribution in [2.45, 2.75) is 49.7 Å². The van der Waals surface area contributed by atoms with E-state index in [9.17, 15) is 9.59 Å². The molecule has 8 nitrogen and oxygen atoms in total. The fourth-order valence-corrected chi connectivity index (χ4v) is 7.52. The third-order valence-corrected chi connectivity index (χ3v) is 9.86. The molecule has 234 valence electrons. The van der Waals surface area contributed by atoms with Crippen LogP contribution in [-0.4, -0.2) is 48.0 Å². The van der Waals surface area contributed by atoms with Gasteiger partial charge in [-0.05, 0) is 72.5 Å². The molecule has 1 saturated carbocycles. The van der Waals surface area contributed by atoms with E-state index >= 15 is 4.79 Å². The Bertz CT molecular complexity index is 1770. The second kappa shape index (κ2) is 12.3. The summed E-state index contributed by atoms with van der Waals surface area (Å²) >= 11 is 3.70. The number of rotatable bonds is 7. The maximum Gasteiger partial charge on any atom is 0.257 e. The van der Waals surface area contributed by atoms with Crippen LogP contribution in [-0.2, 0) is 14.4 Å². The van der Waals surface area contributed by atoms with Gasteiger partial charge in [0.1, 0.15) is 17.3 Å². The van der Waals surface area contributed by atoms with E-state index in [0.29, 0.717) is 44.0 Å². The number of nitrogens with one attached hydrogen (secondary N) is 1. The number of allylic oxidation sites excluding steroid dienone is 2. The van der Waals surface area contributed by atoms with Gasteiger partial charge in [0.05, 0.1) is 12.7 Å². The van der Waals surface area contributed by atoms with E-state index in [1.165, 1.54) is 12.2 Å². The van der Waals surface area contributed by atoms with Crippen LogP contribution in [0.5, 0.6) is 17.2 Å². The first kappa shape index (κ1) is 30.0. The second-order valence-corrected chi connectivity index (χ2v) is 12.7. The van der Waals surface area contributed by atoms with Gasteiger partial charge < -0.3 is 24.4 Å². The molecule has 3 aromatic rings. The highest BCUT2D eigenvalue weighted by atomic mass is 79.9. The Hall–Kier alpha value is -4.63. The number of carbonyl (C=O) groups is 3. The number of methoxy groups -OCH3 is 1. The van der Waals surface area contributed by atoms with Crippen LogP contribution in [0, 0.1) is 0 Å². The summed E-state index contributed by atoms with van der Waals surface area (Å²) in [6.07, 6.45) is 11.4. The molecule has 3 aromatic carbocycles. The first-order valence-corrected chi connectivity index (χ1v) is 16.3. The number of ether oxygens (including phenoxy) is 3. The summed E-state index contributed by atoms with van der Waals surface area (Å²) < 4.78 is 17.4. The molecule has 0 radical (unpaired) electrons. The highest BCUT2D eigenvalue weighted by molar-refractivity contribution is 9.10. The van der Waals surface area contributed by atoms with Gasteiger partial charge in [-0.3, -0.25) is 14.4 Å². The second-order valence-electron chi connectivity index (χ2n) is 11.9. The fourth-order valence-electron chi connectivity index (χ4n) is 6.98. The topological polar surface area (TPSA) is 94.2 Å². The van der Waals surface area contributed by atoms with E-state index in [1.807, 2.05) is 54.6 Å². The number of benzene rings is 3. The Morgan fingerprint density at radius 2 is 1.61 bits per heavy atom. The SMILES string of the molecule is COc1ccc(C2=C(c3ccccc3)C3(C=CC(=O)C=C3)N(C(C(=O)NC3CCCCC3)c3cc4c(cc3Br)OCO4)C2=O)cc1. The minimum Gasteiger partial charge on any atom is -0.497 e. The number of carbonyl (C=O) groups excluding carboxylic acids is 3. The van der Waals surface area contributed by atoms with Gasteiger partial charge in [-0.1, -0.05) is 77.7 Å². The van der Waals surface area contributed by atoms with Crippen molar-refractivity contribution >= 4 is 44.7 Å². The van der Waals surface area contributed by atoms with Crippen LogP contribution in [0.2, 0.25) is 0 Å². The molecule has 1 spiro atoms. The van der Waals surface area contributed by atoms with Gasteiger partial charge >= 0.3 is 0 Å². The van der Waals surface area contributed by atoms with Crippen molar-refractivity contribution in [1.29, 1.82) is 0 Å². The maximum absolute atomic E-state index is 15.2. The molecule has 1 unspecified atom stereocenters. The van der Waals surface area contributed by atoms with Gasteiger partial charge in [0, 0.05) is 21.7 Å². The Morgan fingerprint density at radius 1 is 0.935 bits per heavy atom. The van der Waals surface area contributed by atoms with Crippen LogP contribution in [0.4, 0.5) is 0 Å². The summed E-state index contributed by atoms with van der Waals surface area (Å²) in [4.78, 5) is 44.2. The minimum atomic E-state index is -1.27. The molecular weight excluding hydrogens is 648 g/mol. The zero-order chi connectivity index (χ0) is 31.8. The number of hydrogen-bond donors (Lipinski definition) is 1. The first-order chi connectivity index (χ1) is 22.4. The normalized spacial score (nSPS) is 19.2. The quantitative estimate of drug-likeness (QED) is 0.304. The Kier molecular flexibility index (Phi) is 8.02. The molecule has 46 heavy (non-hydrogen) atoms. The smallest absolute Gasteiger partial charge is 0.257 e. The van der Waals surface area contributed by atoms with Crippen LogP contribution in [0.15, 0.2) is 95.5 Å². The van der Waals surface area contributed by atoms with Gasteiger partial charge in [-0.2, -0.15) is 0 Å². The van der Waals surface area contributed by atoms with Crippen LogP contribution in [0.3, 0.4) is 0 Å². The largest absolute Gasteiger partial charge is 0.497 e. The zero-order valence-corrected chi connectivity index (χ0v) is 26.9. The number of nitrogens with zero attached hydrogens (tertiary/aromatic N) is 1. The molecular formula is C37H33BrN2O6. The maximum atomic E-state index is 15.2. The molecule has 2 aliphatic carbocycles. The number of hydrogen-bond acceptors (Lipinski definition) is 6. The summed E-state index contributed by atoms with van der Waals surface area (Å²) in [5.41, 5.74) is 1.85. The van der Waals surface area contributed by atoms with Crippen LogP contribution < -0.4 is 19.5 Å².